The van der Waals surface area contributed by atoms with Gasteiger partial charge in [-0.2, -0.15) is 13.2 Å². The molecule has 1 aromatic rings. The number of ether oxygens (including phenoxy) is 4. The Bertz CT molecular complexity index is 1310. The lowest BCUT2D eigenvalue weighted by Gasteiger charge is -2.41. The largest absolute Gasteiger partial charge is 0.462 e. The van der Waals surface area contributed by atoms with E-state index < -0.39 is 42.2 Å². The topological polar surface area (TPSA) is 88.9 Å². The fraction of sp³-hybridized carbons (Fsp3) is 0.594. The molecule has 1 aromatic heterocycles. The van der Waals surface area contributed by atoms with Gasteiger partial charge in [0.15, 0.2) is 0 Å². The lowest BCUT2D eigenvalue weighted by Crippen LogP contribution is -2.49. The van der Waals surface area contributed by atoms with Crippen LogP contribution in [0.15, 0.2) is 54.1 Å². The van der Waals surface area contributed by atoms with E-state index in [1.165, 1.54) is 24.3 Å². The normalized spacial score (nSPS) is 32.0. The number of hydrogen-bond donors (Lipinski definition) is 0. The molecule has 0 aromatic carbocycles. The zero-order chi connectivity index (χ0) is 31.6. The Hall–Kier alpha value is -3.18. The third-order valence-corrected chi connectivity index (χ3v) is 8.44. The van der Waals surface area contributed by atoms with Gasteiger partial charge in [0.1, 0.15) is 18.3 Å². The highest BCUT2D eigenvalue weighted by Crippen LogP contribution is 2.50. The standard InChI is InChI=1S/C32H41F3N2O6/c1-7-14-40-29(39)26-15-25-23(20(2)3)10-8-21(4)24(25)16-27(42-28(38)11-9-22-17-37(6)19-36-22)30(5)12-13-31(26,43-30)41-18-32(33,34)35/h8-9,11-13,15,17,19-20,23-25,27H,7,10,14,16,18H2,1-6H3/b11-9+,26-15-/t23-,24+,25-,27+,30+,31-/m1/s1. The fourth-order valence-corrected chi connectivity index (χ4v) is 6.14. The summed E-state index contributed by atoms with van der Waals surface area (Å²) in [6, 6.07) is 0. The summed E-state index contributed by atoms with van der Waals surface area (Å²) in [5.41, 5.74) is 0.0363. The van der Waals surface area contributed by atoms with E-state index in [4.69, 9.17) is 18.9 Å². The molecule has 0 radical (unpaired) electrons. The molecule has 0 unspecified atom stereocenters. The van der Waals surface area contributed by atoms with E-state index >= 15 is 0 Å². The first-order chi connectivity index (χ1) is 20.2. The molecule has 8 nitrogen and oxygen atoms in total. The number of rotatable bonds is 9. The van der Waals surface area contributed by atoms with Gasteiger partial charge < -0.3 is 23.5 Å². The van der Waals surface area contributed by atoms with Crippen molar-refractivity contribution in [1.29, 1.82) is 0 Å². The van der Waals surface area contributed by atoms with Crippen molar-refractivity contribution in [3.05, 3.63) is 59.7 Å². The molecule has 11 heteroatoms. The van der Waals surface area contributed by atoms with Crippen molar-refractivity contribution >= 4 is 18.0 Å². The molecule has 2 aliphatic heterocycles. The third kappa shape index (κ3) is 7.49. The summed E-state index contributed by atoms with van der Waals surface area (Å²) in [7, 11) is 1.80. The number of imidazole rings is 1. The second kappa shape index (κ2) is 12.8. The van der Waals surface area contributed by atoms with Gasteiger partial charge in [-0.05, 0) is 75.0 Å². The van der Waals surface area contributed by atoms with Gasteiger partial charge in [0.05, 0.1) is 24.2 Å². The van der Waals surface area contributed by atoms with Crippen molar-refractivity contribution in [3.8, 4) is 0 Å². The first-order valence-electron chi connectivity index (χ1n) is 14.7. The second-order valence-corrected chi connectivity index (χ2v) is 12.1. The van der Waals surface area contributed by atoms with Crippen LogP contribution in [-0.2, 0) is 35.6 Å². The smallest absolute Gasteiger partial charge is 0.411 e. The van der Waals surface area contributed by atoms with Gasteiger partial charge in [0.2, 0.25) is 5.79 Å². The molecule has 6 atom stereocenters. The minimum absolute atomic E-state index is 0.0520. The molecule has 2 bridgehead atoms. The van der Waals surface area contributed by atoms with Crippen LogP contribution in [-0.4, -0.2) is 58.4 Å². The number of nitrogens with zero attached hydrogens (tertiary/aromatic N) is 2. The predicted molar refractivity (Wildman–Crippen MR) is 153 cm³/mol. The molecule has 236 valence electrons. The molecule has 1 aliphatic carbocycles. The molecule has 0 spiro atoms. The summed E-state index contributed by atoms with van der Waals surface area (Å²) in [5.74, 6) is -3.91. The third-order valence-electron chi connectivity index (χ3n) is 8.44. The number of hydrogen-bond acceptors (Lipinski definition) is 7. The second-order valence-electron chi connectivity index (χ2n) is 12.1. The number of esters is 2. The molecule has 4 rings (SSSR count). The monoisotopic (exact) mass is 606 g/mol. The van der Waals surface area contributed by atoms with Crippen molar-refractivity contribution < 1.29 is 41.7 Å². The lowest BCUT2D eigenvalue weighted by atomic mass is 9.65. The van der Waals surface area contributed by atoms with Crippen LogP contribution in [0.3, 0.4) is 0 Å². The van der Waals surface area contributed by atoms with Crippen LogP contribution >= 0.6 is 0 Å². The highest BCUT2D eigenvalue weighted by Gasteiger charge is 2.56. The number of aryl methyl sites for hydroxylation is 1. The summed E-state index contributed by atoms with van der Waals surface area (Å²) in [6.45, 7) is 8.00. The molecule has 0 fully saturated rings. The number of allylic oxidation sites excluding steroid dienone is 3. The van der Waals surface area contributed by atoms with Gasteiger partial charge in [-0.15, -0.1) is 0 Å². The van der Waals surface area contributed by atoms with Gasteiger partial charge in [-0.1, -0.05) is 38.5 Å². The Balaban J connectivity index is 1.81. The van der Waals surface area contributed by atoms with Crippen LogP contribution in [0.2, 0.25) is 0 Å². The van der Waals surface area contributed by atoms with E-state index in [9.17, 15) is 22.8 Å². The number of aromatic nitrogens is 2. The number of carbonyl (C=O) groups is 2. The van der Waals surface area contributed by atoms with E-state index in [1.54, 1.807) is 37.1 Å². The van der Waals surface area contributed by atoms with Crippen LogP contribution in [0.5, 0.6) is 0 Å². The Morgan fingerprint density at radius 3 is 2.65 bits per heavy atom. The van der Waals surface area contributed by atoms with Crippen LogP contribution in [0.4, 0.5) is 13.2 Å². The maximum atomic E-state index is 13.6. The summed E-state index contributed by atoms with van der Waals surface area (Å²) < 4.78 is 65.7. The maximum Gasteiger partial charge on any atom is 0.411 e. The lowest BCUT2D eigenvalue weighted by molar-refractivity contribution is -0.274. The summed E-state index contributed by atoms with van der Waals surface area (Å²) in [5, 5.41) is 0. The fourth-order valence-electron chi connectivity index (χ4n) is 6.14. The number of alkyl halides is 3. The minimum atomic E-state index is -4.70. The van der Waals surface area contributed by atoms with E-state index in [2.05, 4.69) is 24.9 Å². The van der Waals surface area contributed by atoms with Crippen molar-refractivity contribution in [3.63, 3.8) is 0 Å². The quantitative estimate of drug-likeness (QED) is 0.191. The highest BCUT2D eigenvalue weighted by atomic mass is 19.4. The van der Waals surface area contributed by atoms with Crippen molar-refractivity contribution in [2.75, 3.05) is 13.2 Å². The van der Waals surface area contributed by atoms with Crippen molar-refractivity contribution in [1.82, 2.24) is 9.55 Å². The average molecular weight is 607 g/mol. The summed E-state index contributed by atoms with van der Waals surface area (Å²) >= 11 is 0. The molecule has 3 aliphatic rings. The Kier molecular flexibility index (Phi) is 9.76. The van der Waals surface area contributed by atoms with E-state index in [-0.39, 0.29) is 35.9 Å². The molecular formula is C32H41F3N2O6. The Labute approximate surface area is 250 Å². The highest BCUT2D eigenvalue weighted by molar-refractivity contribution is 5.91. The van der Waals surface area contributed by atoms with Gasteiger partial charge in [-0.25, -0.2) is 14.6 Å². The zero-order valence-electron chi connectivity index (χ0n) is 25.5. The first kappa shape index (κ1) is 32.7. The SMILES string of the molecule is CCCOC(=O)/C1=C/[C@@H]2[C@@H](C(C)C)CC=C(C)[C@@H]2C[C@H](OC(=O)/C=C/c2cn(C)cn2)[C@]2(C)C=C[C@@]1(OCC(F)(F)F)O2. The maximum absolute atomic E-state index is 13.6. The van der Waals surface area contributed by atoms with Gasteiger partial charge in [0, 0.05) is 19.3 Å². The first-order valence-corrected chi connectivity index (χ1v) is 14.7. The van der Waals surface area contributed by atoms with Crippen molar-refractivity contribution in [2.45, 2.75) is 77.5 Å². The van der Waals surface area contributed by atoms with E-state index in [0.29, 0.717) is 18.5 Å². The molecule has 0 saturated heterocycles. The number of halogens is 3. The zero-order valence-corrected chi connectivity index (χ0v) is 25.5. The van der Waals surface area contributed by atoms with Gasteiger partial charge >= 0.3 is 18.1 Å². The van der Waals surface area contributed by atoms with Crippen LogP contribution in [0, 0.1) is 23.7 Å². The number of carbonyl (C=O) groups excluding carboxylic acids is 2. The molecule has 0 saturated carbocycles. The van der Waals surface area contributed by atoms with Crippen LogP contribution < -0.4 is 0 Å². The van der Waals surface area contributed by atoms with Gasteiger partial charge in [-0.3, -0.25) is 0 Å². The average Bonchev–Trinajstić information content (AvgIpc) is 3.52. The Morgan fingerprint density at radius 2 is 2.02 bits per heavy atom. The molecule has 43 heavy (non-hydrogen) atoms. The molecule has 0 amide bonds. The van der Waals surface area contributed by atoms with E-state index in [1.807, 2.05) is 13.8 Å². The molecule has 0 N–H and O–H groups in total. The minimum Gasteiger partial charge on any atom is -0.462 e. The predicted octanol–water partition coefficient (Wildman–Crippen LogP) is 6.10. The Morgan fingerprint density at radius 1 is 1.28 bits per heavy atom. The summed E-state index contributed by atoms with van der Waals surface area (Å²) in [6.07, 6.45) is 8.73. The summed E-state index contributed by atoms with van der Waals surface area (Å²) in [4.78, 5) is 30.9. The van der Waals surface area contributed by atoms with Crippen LogP contribution in [0.25, 0.3) is 6.08 Å². The van der Waals surface area contributed by atoms with Crippen molar-refractivity contribution in [2.24, 2.45) is 30.7 Å². The molecular weight excluding hydrogens is 565 g/mol. The molecule has 3 heterocycles. The van der Waals surface area contributed by atoms with E-state index in [0.717, 1.165) is 12.0 Å². The van der Waals surface area contributed by atoms with Crippen LogP contribution in [0.1, 0.15) is 59.6 Å². The number of fused-ring (bicyclic) bond motifs is 3. The van der Waals surface area contributed by atoms with Gasteiger partial charge in [0.25, 0.3) is 0 Å².